The Morgan fingerprint density at radius 2 is 1.18 bits per heavy atom. The maximum Gasteiger partial charge on any atom is 0.351 e. The molecule has 0 spiro atoms. The predicted molar refractivity (Wildman–Crippen MR) is 164 cm³/mol. The molecule has 5 aromatic carbocycles. The molecule has 0 saturated heterocycles. The highest BCUT2D eigenvalue weighted by Crippen LogP contribution is 2.53. The number of anilines is 1. The van der Waals surface area contributed by atoms with E-state index in [-0.39, 0.29) is 19.5 Å². The van der Waals surface area contributed by atoms with Gasteiger partial charge in [0.05, 0.1) is 13.2 Å². The van der Waals surface area contributed by atoms with E-state index in [9.17, 15) is 4.57 Å². The van der Waals surface area contributed by atoms with Gasteiger partial charge in [0.2, 0.25) is 0 Å². The Morgan fingerprint density at radius 3 is 1.77 bits per heavy atom. The van der Waals surface area contributed by atoms with Crippen LogP contribution in [-0.2, 0) is 26.8 Å². The smallest absolute Gasteiger partial charge is 0.302 e. The highest BCUT2D eigenvalue weighted by Gasteiger charge is 2.30. The van der Waals surface area contributed by atoms with Crippen molar-refractivity contribution in [3.8, 4) is 0 Å². The van der Waals surface area contributed by atoms with Gasteiger partial charge in [-0.2, -0.15) is 0 Å². The summed E-state index contributed by atoms with van der Waals surface area (Å²) >= 11 is 14.0. The van der Waals surface area contributed by atoms with Crippen molar-refractivity contribution in [1.82, 2.24) is 0 Å². The molecule has 0 aliphatic carbocycles. The lowest BCUT2D eigenvalue weighted by molar-refractivity contribution is 0.192. The molecule has 0 aliphatic rings. The third-order valence-corrected chi connectivity index (χ3v) is 9.22. The van der Waals surface area contributed by atoms with E-state index in [0.29, 0.717) is 10.0 Å². The number of fused-ring (bicyclic) bond motifs is 1. The van der Waals surface area contributed by atoms with Crippen molar-refractivity contribution in [3.63, 3.8) is 0 Å². The van der Waals surface area contributed by atoms with Gasteiger partial charge in [0.25, 0.3) is 0 Å². The quantitative estimate of drug-likeness (QED) is 0.112. The maximum atomic E-state index is 14.4. The van der Waals surface area contributed by atoms with Crippen LogP contribution in [0.5, 0.6) is 0 Å². The molecule has 5 rings (SSSR count). The zero-order chi connectivity index (χ0) is 27.1. The number of hydrogen-bond acceptors (Lipinski definition) is 5. The van der Waals surface area contributed by atoms with Gasteiger partial charge in [-0.15, -0.1) is 0 Å². The van der Waals surface area contributed by atoms with E-state index in [2.05, 4.69) is 18.2 Å². The van der Waals surface area contributed by atoms with Crippen LogP contribution in [0.1, 0.15) is 11.1 Å². The Morgan fingerprint density at radius 1 is 0.641 bits per heavy atom. The first-order chi connectivity index (χ1) is 19.0. The molecule has 0 saturated carbocycles. The van der Waals surface area contributed by atoms with Gasteiger partial charge in [-0.1, -0.05) is 114 Å². The van der Waals surface area contributed by atoms with E-state index in [1.807, 2.05) is 101 Å². The second kappa shape index (κ2) is 13.1. The molecule has 0 aliphatic heterocycles. The largest absolute Gasteiger partial charge is 0.351 e. The summed E-state index contributed by atoms with van der Waals surface area (Å²) in [7, 11) is -3.65. The molecule has 0 amide bonds. The van der Waals surface area contributed by atoms with Crippen LogP contribution in [0, 0.1) is 0 Å². The van der Waals surface area contributed by atoms with Crippen molar-refractivity contribution in [2.45, 2.75) is 18.1 Å². The van der Waals surface area contributed by atoms with Crippen molar-refractivity contribution in [2.75, 3.05) is 10.6 Å². The van der Waals surface area contributed by atoms with Gasteiger partial charge in [-0.3, -0.25) is 8.87 Å². The molecule has 0 radical (unpaired) electrons. The monoisotopic (exact) mass is 593 g/mol. The van der Waals surface area contributed by atoms with Gasteiger partial charge >= 0.3 is 7.60 Å². The molecule has 4 nitrogen and oxygen atoms in total. The van der Waals surface area contributed by atoms with E-state index < -0.39 is 7.60 Å². The molecular formula is C31H26Cl2NO3PS. The minimum absolute atomic E-state index is 0.000192. The molecule has 198 valence electrons. The van der Waals surface area contributed by atoms with Crippen molar-refractivity contribution < 1.29 is 13.6 Å². The van der Waals surface area contributed by atoms with Crippen molar-refractivity contribution in [2.24, 2.45) is 0 Å². The zero-order valence-corrected chi connectivity index (χ0v) is 24.2. The molecule has 5 aromatic rings. The van der Waals surface area contributed by atoms with Gasteiger partial charge in [0.1, 0.15) is 6.29 Å². The Bertz CT molecular complexity index is 1520. The molecule has 0 N–H and O–H groups in total. The molecule has 0 unspecified atom stereocenters. The third-order valence-electron chi connectivity index (χ3n) is 5.92. The summed E-state index contributed by atoms with van der Waals surface area (Å²) in [6, 6.07) is 38.9. The molecule has 0 fully saturated rings. The second-order valence-corrected chi connectivity index (χ2v) is 12.9. The van der Waals surface area contributed by atoms with Gasteiger partial charge in [0.15, 0.2) is 0 Å². The van der Waals surface area contributed by atoms with Crippen LogP contribution < -0.4 is 4.31 Å². The summed E-state index contributed by atoms with van der Waals surface area (Å²) < 4.78 is 28.5. The standard InChI is InChI=1S/C31H26Cl2NO3PS/c32-28-18-29(33)20-31(19-28)39-34(30-16-15-26-13-7-8-14-27(26)17-30)23-38(35,36-21-24-9-3-1-4-10-24)37-22-25-11-5-2-6-12-25/h1-20H,21-23H2. The first-order valence-electron chi connectivity index (χ1n) is 12.3. The average Bonchev–Trinajstić information content (AvgIpc) is 2.95. The molecule has 8 heteroatoms. The lowest BCUT2D eigenvalue weighted by Gasteiger charge is -2.28. The Labute approximate surface area is 243 Å². The summed E-state index contributed by atoms with van der Waals surface area (Å²) in [4.78, 5) is 0.804. The highest BCUT2D eigenvalue weighted by molar-refractivity contribution is 8.01. The second-order valence-electron chi connectivity index (χ2n) is 8.88. The first-order valence-corrected chi connectivity index (χ1v) is 15.6. The fourth-order valence-corrected chi connectivity index (χ4v) is 7.52. The first kappa shape index (κ1) is 27.8. The Balaban J connectivity index is 1.48. The number of nitrogens with zero attached hydrogens (tertiary/aromatic N) is 1. The molecule has 0 bridgehead atoms. The van der Waals surface area contributed by atoms with Gasteiger partial charge in [-0.05, 0) is 64.2 Å². The minimum Gasteiger partial charge on any atom is -0.302 e. The number of hydrogen-bond donors (Lipinski definition) is 0. The summed E-state index contributed by atoms with van der Waals surface area (Å²) in [6.45, 7) is 0.318. The van der Waals surface area contributed by atoms with E-state index in [4.69, 9.17) is 32.2 Å². The molecule has 0 aromatic heterocycles. The van der Waals surface area contributed by atoms with Crippen LogP contribution in [0.2, 0.25) is 10.0 Å². The summed E-state index contributed by atoms with van der Waals surface area (Å²) in [5, 5.41) is 3.22. The lowest BCUT2D eigenvalue weighted by atomic mass is 10.1. The van der Waals surface area contributed by atoms with Crippen molar-refractivity contribution >= 4 is 59.2 Å². The summed E-state index contributed by atoms with van der Waals surface area (Å²) in [5.74, 6) is 0. The van der Waals surface area contributed by atoms with Crippen molar-refractivity contribution in [3.05, 3.63) is 142 Å². The fraction of sp³-hybridized carbons (Fsp3) is 0.0968. The molecular weight excluding hydrogens is 568 g/mol. The van der Waals surface area contributed by atoms with Crippen LogP contribution in [-0.4, -0.2) is 6.29 Å². The fourth-order valence-electron chi connectivity index (χ4n) is 3.97. The average molecular weight is 595 g/mol. The number of benzene rings is 5. The Hall–Kier alpha value is -2.76. The van der Waals surface area contributed by atoms with E-state index in [1.54, 1.807) is 6.07 Å². The maximum absolute atomic E-state index is 14.4. The third kappa shape index (κ3) is 7.89. The normalized spacial score (nSPS) is 11.5. The summed E-state index contributed by atoms with van der Waals surface area (Å²) in [6.07, 6.45) is -0.000192. The predicted octanol–water partition coefficient (Wildman–Crippen LogP) is 10.2. The van der Waals surface area contributed by atoms with E-state index >= 15 is 0 Å². The van der Waals surface area contributed by atoms with E-state index in [0.717, 1.165) is 32.5 Å². The van der Waals surface area contributed by atoms with Crippen LogP contribution in [0.15, 0.2) is 126 Å². The number of rotatable bonds is 11. The van der Waals surface area contributed by atoms with E-state index in [1.165, 1.54) is 11.9 Å². The van der Waals surface area contributed by atoms with Crippen LogP contribution in [0.25, 0.3) is 10.8 Å². The van der Waals surface area contributed by atoms with Gasteiger partial charge < -0.3 is 9.05 Å². The lowest BCUT2D eigenvalue weighted by Crippen LogP contribution is -2.18. The Kier molecular flexibility index (Phi) is 9.31. The zero-order valence-electron chi connectivity index (χ0n) is 21.0. The van der Waals surface area contributed by atoms with Crippen LogP contribution in [0.4, 0.5) is 5.69 Å². The topological polar surface area (TPSA) is 38.8 Å². The highest BCUT2D eigenvalue weighted by atomic mass is 35.5. The number of halogens is 2. The molecule has 0 atom stereocenters. The van der Waals surface area contributed by atoms with Crippen molar-refractivity contribution in [1.29, 1.82) is 0 Å². The molecule has 0 heterocycles. The van der Waals surface area contributed by atoms with Gasteiger partial charge in [0, 0.05) is 20.6 Å². The SMILES string of the molecule is O=P(CN(Sc1cc(Cl)cc(Cl)c1)c1ccc2ccccc2c1)(OCc1ccccc1)OCc1ccccc1. The van der Waals surface area contributed by atoms with Gasteiger partial charge in [-0.25, -0.2) is 0 Å². The van der Waals surface area contributed by atoms with Crippen LogP contribution >= 0.6 is 42.7 Å². The van der Waals surface area contributed by atoms with Crippen LogP contribution in [0.3, 0.4) is 0 Å². The minimum atomic E-state index is -3.65. The molecule has 39 heavy (non-hydrogen) atoms. The summed E-state index contributed by atoms with van der Waals surface area (Å²) in [5.41, 5.74) is 2.67.